The molecule has 2 rings (SSSR count). The van der Waals surface area contributed by atoms with Crippen molar-refractivity contribution in [3.63, 3.8) is 0 Å². The molecule has 128 valence electrons. The van der Waals surface area contributed by atoms with Crippen LogP contribution in [0, 0.1) is 0 Å². The highest BCUT2D eigenvalue weighted by molar-refractivity contribution is 8.00. The smallest absolute Gasteiger partial charge is 0.262 e. The third kappa shape index (κ3) is 4.19. The second-order valence-corrected chi connectivity index (χ2v) is 7.43. The molecule has 0 saturated heterocycles. The molecule has 2 aromatic rings. The number of rotatable bonds is 6. The van der Waals surface area contributed by atoms with Gasteiger partial charge in [0.25, 0.3) is 5.56 Å². The predicted molar refractivity (Wildman–Crippen MR) is 99.8 cm³/mol. The largest absolute Gasteiger partial charge is 0.353 e. The highest BCUT2D eigenvalue weighted by atomic mass is 35.5. The summed E-state index contributed by atoms with van der Waals surface area (Å²) in [6.07, 6.45) is 1.63. The van der Waals surface area contributed by atoms with Gasteiger partial charge in [-0.15, -0.1) is 6.58 Å². The molecule has 0 fully saturated rings. The Labute approximate surface area is 150 Å². The summed E-state index contributed by atoms with van der Waals surface area (Å²) in [5, 5.41) is 3.91. The van der Waals surface area contributed by atoms with Crippen LogP contribution < -0.4 is 10.9 Å². The van der Waals surface area contributed by atoms with Gasteiger partial charge < -0.3 is 5.32 Å². The summed E-state index contributed by atoms with van der Waals surface area (Å²) in [4.78, 5) is 29.4. The van der Waals surface area contributed by atoms with Gasteiger partial charge in [0.05, 0.1) is 16.2 Å². The Morgan fingerprint density at radius 1 is 1.46 bits per heavy atom. The minimum atomic E-state index is -0.375. The maximum absolute atomic E-state index is 12.7. The van der Waals surface area contributed by atoms with E-state index in [9.17, 15) is 9.59 Å². The Morgan fingerprint density at radius 3 is 2.79 bits per heavy atom. The zero-order valence-corrected chi connectivity index (χ0v) is 15.4. The van der Waals surface area contributed by atoms with E-state index in [1.807, 2.05) is 13.8 Å². The molecule has 7 heteroatoms. The number of carbonyl (C=O) groups excluding carboxylic acids is 1. The fourth-order valence-corrected chi connectivity index (χ4v) is 3.27. The van der Waals surface area contributed by atoms with Crippen molar-refractivity contribution in [3.05, 3.63) is 46.2 Å². The Kier molecular flexibility index (Phi) is 6.07. The lowest BCUT2D eigenvalue weighted by atomic mass is 10.2. The van der Waals surface area contributed by atoms with Crippen molar-refractivity contribution in [2.45, 2.75) is 43.8 Å². The van der Waals surface area contributed by atoms with E-state index in [1.165, 1.54) is 16.3 Å². The quantitative estimate of drug-likeness (QED) is 0.485. The SMILES string of the molecule is C=CCn1c(S[C@@H](C)C(=O)NC(C)C)nc2ccc(Cl)cc2c1=O. The van der Waals surface area contributed by atoms with Gasteiger partial charge in [-0.1, -0.05) is 29.4 Å². The summed E-state index contributed by atoms with van der Waals surface area (Å²) in [5.74, 6) is -0.0920. The molecule has 0 aliphatic heterocycles. The zero-order valence-electron chi connectivity index (χ0n) is 13.9. The maximum Gasteiger partial charge on any atom is 0.262 e. The second kappa shape index (κ2) is 7.85. The number of halogens is 1. The molecule has 0 aliphatic rings. The molecular formula is C17H20ClN3O2S. The fourth-order valence-electron chi connectivity index (χ4n) is 2.17. The number of hydrogen-bond donors (Lipinski definition) is 1. The third-order valence-electron chi connectivity index (χ3n) is 3.28. The molecule has 1 aromatic heterocycles. The van der Waals surface area contributed by atoms with Crippen LogP contribution in [0.1, 0.15) is 20.8 Å². The van der Waals surface area contributed by atoms with Gasteiger partial charge in [0, 0.05) is 17.6 Å². The minimum absolute atomic E-state index is 0.0580. The fraction of sp³-hybridized carbons (Fsp3) is 0.353. The first kappa shape index (κ1) is 18.5. The molecule has 24 heavy (non-hydrogen) atoms. The molecule has 5 nitrogen and oxygen atoms in total. The number of aromatic nitrogens is 2. The molecule has 0 unspecified atom stereocenters. The lowest BCUT2D eigenvalue weighted by molar-refractivity contribution is -0.120. The lowest BCUT2D eigenvalue weighted by Crippen LogP contribution is -2.36. The average Bonchev–Trinajstić information content (AvgIpc) is 2.51. The van der Waals surface area contributed by atoms with Crippen molar-refractivity contribution in [1.82, 2.24) is 14.9 Å². The average molecular weight is 366 g/mol. The van der Waals surface area contributed by atoms with E-state index < -0.39 is 0 Å². The monoisotopic (exact) mass is 365 g/mol. The molecule has 1 atom stereocenters. The van der Waals surface area contributed by atoms with Gasteiger partial charge in [-0.05, 0) is 39.0 Å². The molecule has 1 N–H and O–H groups in total. The zero-order chi connectivity index (χ0) is 17.9. The van der Waals surface area contributed by atoms with Gasteiger partial charge in [0.15, 0.2) is 5.16 Å². The normalized spacial score (nSPS) is 12.4. The van der Waals surface area contributed by atoms with Crippen LogP contribution in [0.4, 0.5) is 0 Å². The molecule has 1 heterocycles. The van der Waals surface area contributed by atoms with Crippen LogP contribution in [0.3, 0.4) is 0 Å². The topological polar surface area (TPSA) is 64.0 Å². The van der Waals surface area contributed by atoms with E-state index in [4.69, 9.17) is 11.6 Å². The summed E-state index contributed by atoms with van der Waals surface area (Å²) < 4.78 is 1.51. The van der Waals surface area contributed by atoms with Gasteiger partial charge in [-0.3, -0.25) is 14.2 Å². The first-order chi connectivity index (χ1) is 11.3. The molecule has 1 amide bonds. The van der Waals surface area contributed by atoms with Gasteiger partial charge in [0.1, 0.15) is 0 Å². The van der Waals surface area contributed by atoms with E-state index in [1.54, 1.807) is 31.2 Å². The first-order valence-electron chi connectivity index (χ1n) is 7.61. The Morgan fingerprint density at radius 2 is 2.17 bits per heavy atom. The maximum atomic E-state index is 12.7. The van der Waals surface area contributed by atoms with E-state index in [-0.39, 0.29) is 22.8 Å². The number of fused-ring (bicyclic) bond motifs is 1. The number of thioether (sulfide) groups is 1. The van der Waals surface area contributed by atoms with Crippen molar-refractivity contribution in [1.29, 1.82) is 0 Å². The van der Waals surface area contributed by atoms with Crippen LogP contribution in [-0.4, -0.2) is 26.8 Å². The van der Waals surface area contributed by atoms with Gasteiger partial charge in [-0.25, -0.2) is 4.98 Å². The van der Waals surface area contributed by atoms with Crippen LogP contribution in [0.5, 0.6) is 0 Å². The molecular weight excluding hydrogens is 346 g/mol. The number of amides is 1. The van der Waals surface area contributed by atoms with E-state index in [2.05, 4.69) is 16.9 Å². The molecule has 0 spiro atoms. The van der Waals surface area contributed by atoms with E-state index in [0.29, 0.717) is 27.6 Å². The van der Waals surface area contributed by atoms with Crippen molar-refractivity contribution in [2.24, 2.45) is 0 Å². The second-order valence-electron chi connectivity index (χ2n) is 5.68. The highest BCUT2D eigenvalue weighted by Gasteiger charge is 2.19. The number of hydrogen-bond acceptors (Lipinski definition) is 4. The third-order valence-corrected chi connectivity index (χ3v) is 4.60. The standard InChI is InChI=1S/C17H20ClN3O2S/c1-5-8-21-16(23)13-9-12(18)6-7-14(13)20-17(21)24-11(4)15(22)19-10(2)3/h5-7,9-11H,1,8H2,2-4H3,(H,19,22)/t11-/m0/s1. The lowest BCUT2D eigenvalue weighted by Gasteiger charge is -2.16. The summed E-state index contributed by atoms with van der Waals surface area (Å²) in [5.41, 5.74) is 0.366. The molecule has 0 bridgehead atoms. The molecule has 1 aromatic carbocycles. The highest BCUT2D eigenvalue weighted by Crippen LogP contribution is 2.24. The number of allylic oxidation sites excluding steroid dienone is 1. The van der Waals surface area contributed by atoms with Gasteiger partial charge >= 0.3 is 0 Å². The Balaban J connectivity index is 2.46. The van der Waals surface area contributed by atoms with Gasteiger partial charge in [-0.2, -0.15) is 0 Å². The summed E-state index contributed by atoms with van der Waals surface area (Å²) >= 11 is 7.23. The van der Waals surface area contributed by atoms with Crippen LogP contribution in [0.15, 0.2) is 40.8 Å². The summed E-state index contributed by atoms with van der Waals surface area (Å²) in [6.45, 7) is 9.60. The molecule has 0 radical (unpaired) electrons. The molecule has 0 saturated carbocycles. The van der Waals surface area contributed by atoms with Crippen molar-refractivity contribution in [2.75, 3.05) is 0 Å². The van der Waals surface area contributed by atoms with E-state index >= 15 is 0 Å². The number of nitrogens with zero attached hydrogens (tertiary/aromatic N) is 2. The van der Waals surface area contributed by atoms with Crippen LogP contribution >= 0.6 is 23.4 Å². The van der Waals surface area contributed by atoms with Crippen molar-refractivity contribution in [3.8, 4) is 0 Å². The summed E-state index contributed by atoms with van der Waals surface area (Å²) in [6, 6.07) is 5.06. The Hall–Kier alpha value is -1.79. The first-order valence-corrected chi connectivity index (χ1v) is 8.87. The number of benzene rings is 1. The van der Waals surface area contributed by atoms with Gasteiger partial charge in [0.2, 0.25) is 5.91 Å². The minimum Gasteiger partial charge on any atom is -0.353 e. The van der Waals surface area contributed by atoms with Crippen LogP contribution in [0.25, 0.3) is 10.9 Å². The van der Waals surface area contributed by atoms with Crippen LogP contribution in [-0.2, 0) is 11.3 Å². The van der Waals surface area contributed by atoms with Crippen molar-refractivity contribution >= 4 is 40.2 Å². The summed E-state index contributed by atoms with van der Waals surface area (Å²) in [7, 11) is 0. The number of nitrogens with one attached hydrogen (secondary N) is 1. The van der Waals surface area contributed by atoms with Crippen LogP contribution in [0.2, 0.25) is 5.02 Å². The van der Waals surface area contributed by atoms with E-state index in [0.717, 1.165) is 0 Å². The number of carbonyl (C=O) groups is 1. The molecule has 0 aliphatic carbocycles. The predicted octanol–water partition coefficient (Wildman–Crippen LogP) is 3.24. The van der Waals surface area contributed by atoms with Crippen molar-refractivity contribution < 1.29 is 4.79 Å². The Bertz CT molecular complexity index is 832.